The molecule has 0 aliphatic rings. The van der Waals surface area contributed by atoms with Crippen molar-refractivity contribution in [2.45, 2.75) is 6.54 Å². The molecule has 0 atom stereocenters. The predicted octanol–water partition coefficient (Wildman–Crippen LogP) is 1.20. The van der Waals surface area contributed by atoms with Crippen LogP contribution in [-0.2, 0) is 6.54 Å². The number of ether oxygens (including phenoxy) is 1. The molecule has 7 heteroatoms. The molecule has 0 unspecified atom stereocenters. The summed E-state index contributed by atoms with van der Waals surface area (Å²) in [6.45, 7) is 0.446. The number of nitrogens with zero attached hydrogens (tertiary/aromatic N) is 2. The van der Waals surface area contributed by atoms with Crippen LogP contribution in [0.3, 0.4) is 0 Å². The highest BCUT2D eigenvalue weighted by atomic mass is 35.5. The van der Waals surface area contributed by atoms with Crippen LogP contribution in [0.25, 0.3) is 0 Å². The van der Waals surface area contributed by atoms with Crippen molar-refractivity contribution in [3.05, 3.63) is 46.7 Å². The average Bonchev–Trinajstić information content (AvgIpc) is 2.83. The largest absolute Gasteiger partial charge is 0.496 e. The van der Waals surface area contributed by atoms with Crippen LogP contribution >= 0.6 is 11.6 Å². The first kappa shape index (κ1) is 13.4. The Labute approximate surface area is 115 Å². The maximum atomic E-state index is 11.5. The van der Waals surface area contributed by atoms with Crippen LogP contribution in [0.15, 0.2) is 30.6 Å². The normalized spacial score (nSPS) is 10.3. The maximum Gasteiger partial charge on any atom is 0.265 e. The molecule has 19 heavy (non-hydrogen) atoms. The Kier molecular flexibility index (Phi) is 4.03. The summed E-state index contributed by atoms with van der Waals surface area (Å²) < 4.78 is 6.91. The van der Waals surface area contributed by atoms with Crippen molar-refractivity contribution in [2.24, 2.45) is 5.84 Å². The highest BCUT2D eigenvalue weighted by Crippen LogP contribution is 2.21. The van der Waals surface area contributed by atoms with Crippen LogP contribution in [0.1, 0.15) is 15.9 Å². The van der Waals surface area contributed by atoms with Gasteiger partial charge in [-0.05, 0) is 18.2 Å². The molecule has 0 fully saturated rings. The Morgan fingerprint density at radius 3 is 2.95 bits per heavy atom. The molecule has 0 radical (unpaired) electrons. The standard InChI is InChI=1S/C12H13ClN4O2/c1-19-11-3-2-8(12(18)16-14)4-9(11)6-17-7-10(13)5-15-17/h2-5,7H,6,14H2,1H3,(H,16,18). The smallest absolute Gasteiger partial charge is 0.265 e. The number of methoxy groups -OCH3 is 1. The van der Waals surface area contributed by atoms with Gasteiger partial charge >= 0.3 is 0 Å². The van der Waals surface area contributed by atoms with E-state index < -0.39 is 0 Å². The molecule has 2 rings (SSSR count). The number of halogens is 1. The van der Waals surface area contributed by atoms with Crippen molar-refractivity contribution < 1.29 is 9.53 Å². The number of carbonyl (C=O) groups is 1. The number of hydrogen-bond donors (Lipinski definition) is 2. The monoisotopic (exact) mass is 280 g/mol. The molecule has 0 saturated heterocycles. The van der Waals surface area contributed by atoms with Gasteiger partial charge in [0.15, 0.2) is 0 Å². The topological polar surface area (TPSA) is 82.2 Å². The Bertz CT molecular complexity index is 597. The van der Waals surface area contributed by atoms with E-state index in [-0.39, 0.29) is 5.91 Å². The SMILES string of the molecule is COc1ccc(C(=O)NN)cc1Cn1cc(Cl)cn1. The molecule has 1 amide bonds. The molecule has 0 saturated carbocycles. The van der Waals surface area contributed by atoms with Gasteiger partial charge in [-0.25, -0.2) is 5.84 Å². The number of hydrazine groups is 1. The number of aromatic nitrogens is 2. The van der Waals surface area contributed by atoms with Gasteiger partial charge in [0.05, 0.1) is 24.9 Å². The molecule has 1 aromatic heterocycles. The predicted molar refractivity (Wildman–Crippen MR) is 71.0 cm³/mol. The van der Waals surface area contributed by atoms with E-state index in [1.807, 2.05) is 0 Å². The highest BCUT2D eigenvalue weighted by molar-refractivity contribution is 6.30. The van der Waals surface area contributed by atoms with Crippen molar-refractivity contribution in [1.82, 2.24) is 15.2 Å². The molecular formula is C12H13ClN4O2. The second-order valence-electron chi connectivity index (χ2n) is 3.86. The summed E-state index contributed by atoms with van der Waals surface area (Å²) in [6, 6.07) is 5.06. The van der Waals surface area contributed by atoms with Gasteiger partial charge in [-0.2, -0.15) is 5.10 Å². The molecule has 0 aliphatic carbocycles. The van der Waals surface area contributed by atoms with E-state index in [4.69, 9.17) is 22.2 Å². The van der Waals surface area contributed by atoms with E-state index in [0.29, 0.717) is 22.9 Å². The molecule has 0 bridgehead atoms. The van der Waals surface area contributed by atoms with Gasteiger partial charge in [0.1, 0.15) is 5.75 Å². The Morgan fingerprint density at radius 2 is 2.37 bits per heavy atom. The van der Waals surface area contributed by atoms with Gasteiger partial charge in [0, 0.05) is 17.3 Å². The van der Waals surface area contributed by atoms with Gasteiger partial charge in [-0.15, -0.1) is 0 Å². The van der Waals surface area contributed by atoms with Crippen LogP contribution in [0.2, 0.25) is 5.02 Å². The van der Waals surface area contributed by atoms with Crippen molar-refractivity contribution in [1.29, 1.82) is 0 Å². The lowest BCUT2D eigenvalue weighted by Gasteiger charge is -2.10. The van der Waals surface area contributed by atoms with E-state index >= 15 is 0 Å². The lowest BCUT2D eigenvalue weighted by Crippen LogP contribution is -2.30. The molecule has 2 aromatic rings. The van der Waals surface area contributed by atoms with Crippen molar-refractivity contribution in [3.63, 3.8) is 0 Å². The third-order valence-electron chi connectivity index (χ3n) is 2.61. The van der Waals surface area contributed by atoms with E-state index in [9.17, 15) is 4.79 Å². The zero-order valence-corrected chi connectivity index (χ0v) is 11.0. The number of carbonyl (C=O) groups excluding carboxylic acids is 1. The fourth-order valence-corrected chi connectivity index (χ4v) is 1.88. The molecule has 6 nitrogen and oxygen atoms in total. The number of hydrogen-bond acceptors (Lipinski definition) is 4. The fraction of sp³-hybridized carbons (Fsp3) is 0.167. The highest BCUT2D eigenvalue weighted by Gasteiger charge is 2.10. The van der Waals surface area contributed by atoms with Gasteiger partial charge in [0.2, 0.25) is 0 Å². The number of benzene rings is 1. The zero-order valence-electron chi connectivity index (χ0n) is 10.3. The average molecular weight is 281 g/mol. The maximum absolute atomic E-state index is 11.5. The summed E-state index contributed by atoms with van der Waals surface area (Å²) in [5, 5.41) is 4.64. The fourth-order valence-electron chi connectivity index (χ4n) is 1.73. The quantitative estimate of drug-likeness (QED) is 0.501. The van der Waals surface area contributed by atoms with Crippen LogP contribution in [0.5, 0.6) is 5.75 Å². The summed E-state index contributed by atoms with van der Waals surface area (Å²) >= 11 is 5.81. The Balaban J connectivity index is 2.33. The minimum Gasteiger partial charge on any atom is -0.496 e. The lowest BCUT2D eigenvalue weighted by atomic mass is 10.1. The Hall–Kier alpha value is -2.05. The first-order chi connectivity index (χ1) is 9.13. The summed E-state index contributed by atoms with van der Waals surface area (Å²) in [6.07, 6.45) is 3.24. The Morgan fingerprint density at radius 1 is 1.58 bits per heavy atom. The molecule has 1 heterocycles. The third-order valence-corrected chi connectivity index (χ3v) is 2.80. The third kappa shape index (κ3) is 3.04. The first-order valence-electron chi connectivity index (χ1n) is 5.50. The first-order valence-corrected chi connectivity index (χ1v) is 5.87. The minimum atomic E-state index is -0.359. The number of nitrogen functional groups attached to an aromatic ring is 1. The molecule has 100 valence electrons. The summed E-state index contributed by atoms with van der Waals surface area (Å²) in [4.78, 5) is 11.5. The number of nitrogens with one attached hydrogen (secondary N) is 1. The summed E-state index contributed by atoms with van der Waals surface area (Å²) in [5.74, 6) is 5.42. The van der Waals surface area contributed by atoms with Crippen LogP contribution in [0.4, 0.5) is 0 Å². The second kappa shape index (κ2) is 5.73. The van der Waals surface area contributed by atoms with E-state index in [0.717, 1.165) is 5.56 Å². The summed E-state index contributed by atoms with van der Waals surface area (Å²) in [5.41, 5.74) is 3.35. The van der Waals surface area contributed by atoms with E-state index in [1.54, 1.807) is 42.4 Å². The molecule has 0 spiro atoms. The van der Waals surface area contributed by atoms with Crippen LogP contribution < -0.4 is 16.0 Å². The van der Waals surface area contributed by atoms with Crippen LogP contribution in [0, 0.1) is 0 Å². The van der Waals surface area contributed by atoms with Gasteiger partial charge < -0.3 is 4.74 Å². The molecule has 0 aliphatic heterocycles. The lowest BCUT2D eigenvalue weighted by molar-refractivity contribution is 0.0953. The van der Waals surface area contributed by atoms with Crippen molar-refractivity contribution in [3.8, 4) is 5.75 Å². The molecular weight excluding hydrogens is 268 g/mol. The number of amides is 1. The van der Waals surface area contributed by atoms with Gasteiger partial charge in [0.25, 0.3) is 5.91 Å². The second-order valence-corrected chi connectivity index (χ2v) is 4.29. The number of rotatable bonds is 4. The zero-order chi connectivity index (χ0) is 13.8. The van der Waals surface area contributed by atoms with Crippen LogP contribution in [-0.4, -0.2) is 22.8 Å². The number of nitrogens with two attached hydrogens (primary N) is 1. The van der Waals surface area contributed by atoms with Crippen molar-refractivity contribution >= 4 is 17.5 Å². The van der Waals surface area contributed by atoms with Gasteiger partial charge in [-0.1, -0.05) is 11.6 Å². The van der Waals surface area contributed by atoms with Gasteiger partial charge in [-0.3, -0.25) is 14.9 Å². The van der Waals surface area contributed by atoms with Crippen molar-refractivity contribution in [2.75, 3.05) is 7.11 Å². The van der Waals surface area contributed by atoms with E-state index in [1.165, 1.54) is 0 Å². The van der Waals surface area contributed by atoms with E-state index in [2.05, 4.69) is 10.5 Å². The molecule has 3 N–H and O–H groups in total. The molecule has 1 aromatic carbocycles. The summed E-state index contributed by atoms with van der Waals surface area (Å²) in [7, 11) is 1.57. The minimum absolute atomic E-state index is 0.359.